The number of aromatic nitrogens is 4. The molecule has 202 valence electrons. The van der Waals surface area contributed by atoms with Crippen molar-refractivity contribution in [2.24, 2.45) is 0 Å². The lowest BCUT2D eigenvalue weighted by atomic mass is 9.90. The van der Waals surface area contributed by atoms with Crippen LogP contribution in [0.2, 0.25) is 0 Å². The van der Waals surface area contributed by atoms with E-state index < -0.39 is 0 Å². The molecule has 6 heteroatoms. The van der Waals surface area contributed by atoms with Gasteiger partial charge in [0, 0.05) is 35.9 Å². The van der Waals surface area contributed by atoms with Crippen LogP contribution in [-0.4, -0.2) is 19.9 Å². The zero-order valence-electron chi connectivity index (χ0n) is 23.2. The van der Waals surface area contributed by atoms with Gasteiger partial charge in [-0.15, -0.1) is 0 Å². The van der Waals surface area contributed by atoms with E-state index in [1.54, 1.807) is 36.7 Å². The van der Waals surface area contributed by atoms with Crippen molar-refractivity contribution in [1.29, 1.82) is 5.26 Å². The van der Waals surface area contributed by atoms with Crippen LogP contribution in [0.25, 0.3) is 82.2 Å². The van der Waals surface area contributed by atoms with Gasteiger partial charge in [-0.05, 0) is 92.0 Å². The number of rotatable bonds is 4. The SMILES string of the molecule is [C-]#[N+]c1cccnc1-c1ccc(-c2cc3ccc4cc(-c5ccc(-c6ncccc6C#N)nc5)cc5ccc(c2)c3c45)cn1. The Morgan fingerprint density at radius 1 is 0.545 bits per heavy atom. The van der Waals surface area contributed by atoms with Crippen LogP contribution < -0.4 is 0 Å². The van der Waals surface area contributed by atoms with Crippen LogP contribution in [0.3, 0.4) is 0 Å². The summed E-state index contributed by atoms with van der Waals surface area (Å²) < 4.78 is 0. The molecular weight excluding hydrogens is 540 g/mol. The van der Waals surface area contributed by atoms with Gasteiger partial charge < -0.3 is 0 Å². The summed E-state index contributed by atoms with van der Waals surface area (Å²) in [4.78, 5) is 21.6. The molecule has 0 spiro atoms. The molecule has 0 atom stereocenters. The molecule has 0 fully saturated rings. The van der Waals surface area contributed by atoms with Crippen molar-refractivity contribution < 1.29 is 0 Å². The number of pyridine rings is 4. The van der Waals surface area contributed by atoms with Crippen LogP contribution in [0.4, 0.5) is 5.69 Å². The van der Waals surface area contributed by atoms with E-state index in [1.165, 1.54) is 32.3 Å². The van der Waals surface area contributed by atoms with Gasteiger partial charge in [-0.2, -0.15) is 5.26 Å². The highest BCUT2D eigenvalue weighted by Gasteiger charge is 2.14. The van der Waals surface area contributed by atoms with Crippen molar-refractivity contribution >= 4 is 38.0 Å². The quantitative estimate of drug-likeness (QED) is 0.158. The van der Waals surface area contributed by atoms with Crippen LogP contribution >= 0.6 is 0 Å². The molecule has 0 aliphatic carbocycles. The van der Waals surface area contributed by atoms with E-state index in [4.69, 9.17) is 6.57 Å². The number of nitrogens with zero attached hydrogens (tertiary/aromatic N) is 6. The van der Waals surface area contributed by atoms with E-state index in [2.05, 4.69) is 79.4 Å². The van der Waals surface area contributed by atoms with Gasteiger partial charge in [0.05, 0.1) is 29.2 Å². The number of hydrogen-bond donors (Lipinski definition) is 0. The van der Waals surface area contributed by atoms with E-state index in [0.717, 1.165) is 22.3 Å². The van der Waals surface area contributed by atoms with E-state index >= 15 is 0 Å². The van der Waals surface area contributed by atoms with Crippen molar-refractivity contribution in [2.45, 2.75) is 0 Å². The summed E-state index contributed by atoms with van der Waals surface area (Å²) in [6, 6.07) is 34.7. The molecule has 4 heterocycles. The third-order valence-electron chi connectivity index (χ3n) is 8.05. The highest BCUT2D eigenvalue weighted by molar-refractivity contribution is 6.24. The van der Waals surface area contributed by atoms with Crippen LogP contribution in [0.1, 0.15) is 5.56 Å². The van der Waals surface area contributed by atoms with Crippen LogP contribution in [-0.2, 0) is 0 Å². The zero-order chi connectivity index (χ0) is 29.6. The summed E-state index contributed by atoms with van der Waals surface area (Å²) in [7, 11) is 0. The first-order valence-electron chi connectivity index (χ1n) is 14.0. The second-order valence-corrected chi connectivity index (χ2v) is 10.6. The van der Waals surface area contributed by atoms with E-state index in [-0.39, 0.29) is 0 Å². The lowest BCUT2D eigenvalue weighted by molar-refractivity contribution is 1.23. The Hall–Kier alpha value is -6.50. The molecule has 0 N–H and O–H groups in total. The summed E-state index contributed by atoms with van der Waals surface area (Å²) in [6.07, 6.45) is 7.06. The van der Waals surface area contributed by atoms with E-state index in [1.807, 2.05) is 36.7 Å². The normalized spacial score (nSPS) is 11.1. The fourth-order valence-corrected chi connectivity index (χ4v) is 5.96. The van der Waals surface area contributed by atoms with Gasteiger partial charge in [-0.3, -0.25) is 19.9 Å². The molecule has 0 saturated carbocycles. The topological polar surface area (TPSA) is 79.7 Å². The number of nitriles is 1. The fraction of sp³-hybridized carbons (Fsp3) is 0. The van der Waals surface area contributed by atoms with E-state index in [0.29, 0.717) is 34.0 Å². The molecule has 0 bridgehead atoms. The third kappa shape index (κ3) is 4.10. The minimum Gasteiger partial charge on any atom is -0.266 e. The Balaban J connectivity index is 1.17. The lowest BCUT2D eigenvalue weighted by Crippen LogP contribution is -1.92. The maximum atomic E-state index is 9.45. The molecule has 44 heavy (non-hydrogen) atoms. The number of hydrogen-bond acceptors (Lipinski definition) is 5. The Bertz CT molecular complexity index is 2210. The second kappa shape index (κ2) is 10.1. The first kappa shape index (κ1) is 25.2. The highest BCUT2D eigenvalue weighted by atomic mass is 14.8. The van der Waals surface area contributed by atoms with Crippen molar-refractivity contribution in [3.63, 3.8) is 0 Å². The predicted molar refractivity (Wildman–Crippen MR) is 174 cm³/mol. The van der Waals surface area contributed by atoms with Gasteiger partial charge in [0.2, 0.25) is 5.69 Å². The smallest absolute Gasteiger partial charge is 0.214 e. The van der Waals surface area contributed by atoms with Gasteiger partial charge in [-0.25, -0.2) is 4.85 Å². The first-order chi connectivity index (χ1) is 21.7. The first-order valence-corrected chi connectivity index (χ1v) is 14.0. The molecule has 4 aromatic carbocycles. The average molecular weight is 561 g/mol. The van der Waals surface area contributed by atoms with Gasteiger partial charge in [0.15, 0.2) is 0 Å². The fourth-order valence-electron chi connectivity index (χ4n) is 5.96. The summed E-state index contributed by atoms with van der Waals surface area (Å²) in [5.41, 5.74) is 7.71. The van der Waals surface area contributed by atoms with E-state index in [9.17, 15) is 5.26 Å². The average Bonchev–Trinajstić information content (AvgIpc) is 3.10. The molecular formula is C38H20N6. The van der Waals surface area contributed by atoms with Crippen molar-refractivity contribution in [2.75, 3.05) is 0 Å². The van der Waals surface area contributed by atoms with Crippen molar-refractivity contribution in [1.82, 2.24) is 19.9 Å². The Morgan fingerprint density at radius 3 is 1.52 bits per heavy atom. The monoisotopic (exact) mass is 560 g/mol. The molecule has 0 saturated heterocycles. The van der Waals surface area contributed by atoms with Crippen LogP contribution in [0, 0.1) is 17.9 Å². The lowest BCUT2D eigenvalue weighted by Gasteiger charge is -2.14. The maximum absolute atomic E-state index is 9.45. The molecule has 8 aromatic rings. The standard InChI is InChI=1S/C38H20N6/c1-40-32-5-3-15-42-38(32)34-13-11-29(22-44-34)31-18-25-8-6-23-16-30(17-24-7-9-26(19-31)36(25)35(23)24)28-10-12-33(43-21-28)37-27(20-39)4-2-14-41-37/h2-19,21-22H. The minimum atomic E-state index is 0.491. The Labute approximate surface area is 252 Å². The van der Waals surface area contributed by atoms with Gasteiger partial charge >= 0.3 is 0 Å². The molecule has 4 aromatic heterocycles. The van der Waals surface area contributed by atoms with Gasteiger partial charge in [-0.1, -0.05) is 48.5 Å². The van der Waals surface area contributed by atoms with Crippen LogP contribution in [0.15, 0.2) is 122 Å². The van der Waals surface area contributed by atoms with Crippen molar-refractivity contribution in [3.8, 4) is 51.1 Å². The van der Waals surface area contributed by atoms with Gasteiger partial charge in [0.1, 0.15) is 11.8 Å². The molecule has 0 radical (unpaired) electrons. The number of benzene rings is 4. The summed E-state index contributed by atoms with van der Waals surface area (Å²) >= 11 is 0. The summed E-state index contributed by atoms with van der Waals surface area (Å²) in [5.74, 6) is 0. The third-order valence-corrected chi connectivity index (χ3v) is 8.05. The molecule has 8 rings (SSSR count). The molecule has 0 amide bonds. The molecule has 0 aliphatic rings. The summed E-state index contributed by atoms with van der Waals surface area (Å²) in [5, 5.41) is 16.6. The van der Waals surface area contributed by atoms with Gasteiger partial charge in [0.25, 0.3) is 0 Å². The highest BCUT2D eigenvalue weighted by Crippen LogP contribution is 2.40. The Kier molecular flexibility index (Phi) is 5.79. The molecule has 6 nitrogen and oxygen atoms in total. The minimum absolute atomic E-state index is 0.491. The summed E-state index contributed by atoms with van der Waals surface area (Å²) in [6.45, 7) is 7.44. The molecule has 0 unspecified atom stereocenters. The second-order valence-electron chi connectivity index (χ2n) is 10.6. The van der Waals surface area contributed by atoms with Crippen LogP contribution in [0.5, 0.6) is 0 Å². The molecule has 0 aliphatic heterocycles. The predicted octanol–water partition coefficient (Wildman–Crippen LogP) is 9.25. The Morgan fingerprint density at radius 2 is 1.05 bits per heavy atom. The maximum Gasteiger partial charge on any atom is 0.214 e. The largest absolute Gasteiger partial charge is 0.266 e. The van der Waals surface area contributed by atoms with Crippen molar-refractivity contribution in [3.05, 3.63) is 139 Å². The zero-order valence-corrected chi connectivity index (χ0v) is 23.2.